The van der Waals surface area contributed by atoms with Crippen molar-refractivity contribution in [1.29, 1.82) is 0 Å². The van der Waals surface area contributed by atoms with Gasteiger partial charge in [0, 0.05) is 5.56 Å². The zero-order chi connectivity index (χ0) is 12.4. The number of benzene rings is 1. The maximum absolute atomic E-state index is 11.0. The Labute approximate surface area is 111 Å². The summed E-state index contributed by atoms with van der Waals surface area (Å²) in [7, 11) is 1.59. The first-order valence-corrected chi connectivity index (χ1v) is 5.86. The molecule has 0 saturated heterocycles. The fourth-order valence-electron chi connectivity index (χ4n) is 1.51. The second-order valence-electron chi connectivity index (χ2n) is 3.32. The molecule has 0 aliphatic carbocycles. The molecule has 2 aromatic rings. The van der Waals surface area contributed by atoms with E-state index in [2.05, 4.69) is 22.6 Å². The number of aromatic carboxylic acids is 1. The van der Waals surface area contributed by atoms with Crippen molar-refractivity contribution in [2.45, 2.75) is 0 Å². The SMILES string of the molecule is COc1ccc(-c2occc2C(=O)O)cc1I. The van der Waals surface area contributed by atoms with Crippen molar-refractivity contribution < 1.29 is 19.1 Å². The molecule has 0 aliphatic heterocycles. The third-order valence-corrected chi connectivity index (χ3v) is 3.15. The van der Waals surface area contributed by atoms with E-state index in [-0.39, 0.29) is 5.56 Å². The van der Waals surface area contributed by atoms with Gasteiger partial charge in [0.2, 0.25) is 0 Å². The number of carboxylic acids is 1. The Morgan fingerprint density at radius 2 is 2.18 bits per heavy atom. The first-order chi connectivity index (χ1) is 8.13. The van der Waals surface area contributed by atoms with Gasteiger partial charge in [-0.3, -0.25) is 0 Å². The van der Waals surface area contributed by atoms with Gasteiger partial charge < -0.3 is 14.3 Å². The van der Waals surface area contributed by atoms with E-state index >= 15 is 0 Å². The number of ether oxygens (including phenoxy) is 1. The van der Waals surface area contributed by atoms with Crippen LogP contribution in [0, 0.1) is 3.57 Å². The molecule has 1 heterocycles. The molecular weight excluding hydrogens is 335 g/mol. The van der Waals surface area contributed by atoms with Gasteiger partial charge in [-0.1, -0.05) is 0 Å². The first kappa shape index (κ1) is 12.0. The molecule has 1 aromatic heterocycles. The Morgan fingerprint density at radius 1 is 1.41 bits per heavy atom. The molecule has 0 fully saturated rings. The molecule has 17 heavy (non-hydrogen) atoms. The summed E-state index contributed by atoms with van der Waals surface area (Å²) in [6, 6.07) is 6.82. The van der Waals surface area contributed by atoms with Gasteiger partial charge in [-0.25, -0.2) is 4.79 Å². The Kier molecular flexibility index (Phi) is 3.37. The van der Waals surface area contributed by atoms with Crippen LogP contribution in [-0.4, -0.2) is 18.2 Å². The molecule has 0 atom stereocenters. The van der Waals surface area contributed by atoms with Crippen LogP contribution >= 0.6 is 22.6 Å². The van der Waals surface area contributed by atoms with E-state index < -0.39 is 5.97 Å². The lowest BCUT2D eigenvalue weighted by atomic mass is 10.1. The van der Waals surface area contributed by atoms with Crippen LogP contribution in [0.5, 0.6) is 5.75 Å². The zero-order valence-electron chi connectivity index (χ0n) is 8.94. The molecule has 0 saturated carbocycles. The van der Waals surface area contributed by atoms with Gasteiger partial charge in [0.15, 0.2) is 0 Å². The van der Waals surface area contributed by atoms with Crippen LogP contribution in [0.25, 0.3) is 11.3 Å². The van der Waals surface area contributed by atoms with Crippen LogP contribution in [0.4, 0.5) is 0 Å². The van der Waals surface area contributed by atoms with E-state index in [1.807, 2.05) is 6.07 Å². The summed E-state index contributed by atoms with van der Waals surface area (Å²) in [5.41, 5.74) is 0.878. The minimum Gasteiger partial charge on any atom is -0.496 e. The molecule has 0 unspecified atom stereocenters. The number of halogens is 1. The highest BCUT2D eigenvalue weighted by molar-refractivity contribution is 14.1. The quantitative estimate of drug-likeness (QED) is 0.869. The average molecular weight is 344 g/mol. The summed E-state index contributed by atoms with van der Waals surface area (Å²) >= 11 is 2.13. The summed E-state index contributed by atoms with van der Waals surface area (Å²) < 4.78 is 11.3. The molecule has 2 rings (SSSR count). The van der Waals surface area contributed by atoms with Gasteiger partial charge in [0.1, 0.15) is 17.1 Å². The van der Waals surface area contributed by atoms with Crippen molar-refractivity contribution in [3.63, 3.8) is 0 Å². The standard InChI is InChI=1S/C12H9IO4/c1-16-10-3-2-7(6-9(10)13)11-8(12(14)15)4-5-17-11/h2-6H,1H3,(H,14,15). The fraction of sp³-hybridized carbons (Fsp3) is 0.0833. The maximum Gasteiger partial charge on any atom is 0.339 e. The topological polar surface area (TPSA) is 59.7 Å². The van der Waals surface area contributed by atoms with E-state index in [4.69, 9.17) is 14.3 Å². The molecule has 1 N–H and O–H groups in total. The molecule has 0 radical (unpaired) electrons. The number of furan rings is 1. The lowest BCUT2D eigenvalue weighted by Gasteiger charge is -2.05. The highest BCUT2D eigenvalue weighted by Crippen LogP contribution is 2.30. The number of carboxylic acid groups (broad SMARTS) is 1. The predicted octanol–water partition coefficient (Wildman–Crippen LogP) is 3.26. The van der Waals surface area contributed by atoms with Crippen molar-refractivity contribution >= 4 is 28.6 Å². The van der Waals surface area contributed by atoms with Crippen molar-refractivity contribution in [3.05, 3.63) is 39.7 Å². The molecule has 0 bridgehead atoms. The molecule has 0 spiro atoms. The van der Waals surface area contributed by atoms with Crippen LogP contribution < -0.4 is 4.74 Å². The number of carbonyl (C=O) groups is 1. The van der Waals surface area contributed by atoms with Crippen LogP contribution in [0.3, 0.4) is 0 Å². The first-order valence-electron chi connectivity index (χ1n) is 4.78. The van der Waals surface area contributed by atoms with Crippen LogP contribution in [0.1, 0.15) is 10.4 Å². The van der Waals surface area contributed by atoms with Gasteiger partial charge in [-0.05, 0) is 46.9 Å². The van der Waals surface area contributed by atoms with Gasteiger partial charge in [-0.2, -0.15) is 0 Å². The van der Waals surface area contributed by atoms with E-state index in [0.717, 1.165) is 14.9 Å². The second kappa shape index (κ2) is 4.79. The monoisotopic (exact) mass is 344 g/mol. The lowest BCUT2D eigenvalue weighted by Crippen LogP contribution is -1.96. The zero-order valence-corrected chi connectivity index (χ0v) is 11.1. The molecule has 1 aromatic carbocycles. The Bertz CT molecular complexity index is 559. The van der Waals surface area contributed by atoms with E-state index in [9.17, 15) is 4.79 Å². The van der Waals surface area contributed by atoms with Gasteiger partial charge in [-0.15, -0.1) is 0 Å². The largest absolute Gasteiger partial charge is 0.496 e. The number of rotatable bonds is 3. The molecular formula is C12H9IO4. The Balaban J connectivity index is 2.50. The molecule has 4 nitrogen and oxygen atoms in total. The Hall–Kier alpha value is -1.50. The van der Waals surface area contributed by atoms with Crippen molar-refractivity contribution in [1.82, 2.24) is 0 Å². The smallest absolute Gasteiger partial charge is 0.339 e. The number of methoxy groups -OCH3 is 1. The normalized spacial score (nSPS) is 10.2. The minimum atomic E-state index is -1.00. The summed E-state index contributed by atoms with van der Waals surface area (Å²) in [6.07, 6.45) is 1.37. The van der Waals surface area contributed by atoms with Crippen LogP contribution in [-0.2, 0) is 0 Å². The summed E-state index contributed by atoms with van der Waals surface area (Å²) in [4.78, 5) is 11.0. The van der Waals surface area contributed by atoms with Crippen LogP contribution in [0.2, 0.25) is 0 Å². The van der Waals surface area contributed by atoms with Gasteiger partial charge >= 0.3 is 5.97 Å². The Morgan fingerprint density at radius 3 is 2.76 bits per heavy atom. The highest BCUT2D eigenvalue weighted by Gasteiger charge is 2.16. The molecule has 0 amide bonds. The molecule has 5 heteroatoms. The fourth-order valence-corrected chi connectivity index (χ4v) is 2.24. The van der Waals surface area contributed by atoms with E-state index in [0.29, 0.717) is 5.76 Å². The maximum atomic E-state index is 11.0. The van der Waals surface area contributed by atoms with Gasteiger partial charge in [0.25, 0.3) is 0 Å². The van der Waals surface area contributed by atoms with E-state index in [1.165, 1.54) is 12.3 Å². The summed E-state index contributed by atoms with van der Waals surface area (Å²) in [5.74, 6) is 0.107. The predicted molar refractivity (Wildman–Crippen MR) is 70.4 cm³/mol. The van der Waals surface area contributed by atoms with E-state index in [1.54, 1.807) is 19.2 Å². The summed E-state index contributed by atoms with van der Waals surface area (Å²) in [5, 5.41) is 9.00. The van der Waals surface area contributed by atoms with Crippen molar-refractivity contribution in [2.75, 3.05) is 7.11 Å². The lowest BCUT2D eigenvalue weighted by molar-refractivity contribution is 0.0697. The number of hydrogen-bond donors (Lipinski definition) is 1. The highest BCUT2D eigenvalue weighted by atomic mass is 127. The molecule has 88 valence electrons. The number of hydrogen-bond acceptors (Lipinski definition) is 3. The van der Waals surface area contributed by atoms with Gasteiger partial charge in [0.05, 0.1) is 16.9 Å². The van der Waals surface area contributed by atoms with Crippen molar-refractivity contribution in [3.8, 4) is 17.1 Å². The molecule has 0 aliphatic rings. The third kappa shape index (κ3) is 2.28. The minimum absolute atomic E-state index is 0.158. The average Bonchev–Trinajstić information content (AvgIpc) is 2.77. The van der Waals surface area contributed by atoms with Crippen LogP contribution in [0.15, 0.2) is 34.9 Å². The third-order valence-electron chi connectivity index (χ3n) is 2.31. The summed E-state index contributed by atoms with van der Waals surface area (Å²) in [6.45, 7) is 0. The van der Waals surface area contributed by atoms with Crippen molar-refractivity contribution in [2.24, 2.45) is 0 Å². The second-order valence-corrected chi connectivity index (χ2v) is 4.48.